The van der Waals surface area contributed by atoms with Gasteiger partial charge in [0.05, 0.1) is 23.1 Å². The molecule has 1 spiro atoms. The monoisotopic (exact) mass is 396 g/mol. The fraction of sp³-hybridized carbons (Fsp3) is 0.565. The molecule has 1 aliphatic heterocycles. The highest BCUT2D eigenvalue weighted by Gasteiger charge is 2.44. The zero-order valence-electron chi connectivity index (χ0n) is 17.5. The maximum absolute atomic E-state index is 13.2. The number of likely N-dealkylation sites (tertiary alicyclic amines) is 1. The van der Waals surface area contributed by atoms with Gasteiger partial charge in [-0.1, -0.05) is 30.3 Å². The first kappa shape index (κ1) is 20.1. The Balaban J connectivity index is 1.39. The molecule has 6 nitrogen and oxygen atoms in total. The van der Waals surface area contributed by atoms with Crippen molar-refractivity contribution >= 4 is 5.91 Å². The van der Waals surface area contributed by atoms with Crippen molar-refractivity contribution in [1.82, 2.24) is 20.0 Å². The van der Waals surface area contributed by atoms with E-state index in [1.54, 1.807) is 6.20 Å². The van der Waals surface area contributed by atoms with Crippen LogP contribution in [0.1, 0.15) is 48.9 Å². The molecule has 1 aromatic carbocycles. The highest BCUT2D eigenvalue weighted by molar-refractivity contribution is 5.99. The van der Waals surface area contributed by atoms with Gasteiger partial charge in [-0.15, -0.1) is 0 Å². The highest BCUT2D eigenvalue weighted by atomic mass is 16.3. The summed E-state index contributed by atoms with van der Waals surface area (Å²) in [5, 5.41) is 18.0. The lowest BCUT2D eigenvalue weighted by Gasteiger charge is -2.48. The van der Waals surface area contributed by atoms with Crippen LogP contribution in [0.4, 0.5) is 0 Å². The number of aromatic amines is 1. The highest BCUT2D eigenvalue weighted by Crippen LogP contribution is 2.47. The summed E-state index contributed by atoms with van der Waals surface area (Å²) >= 11 is 0. The lowest BCUT2D eigenvalue weighted by atomic mass is 9.64. The van der Waals surface area contributed by atoms with Crippen LogP contribution in [-0.2, 0) is 0 Å². The van der Waals surface area contributed by atoms with Crippen LogP contribution in [0, 0.1) is 5.41 Å². The van der Waals surface area contributed by atoms with Crippen molar-refractivity contribution in [3.05, 3.63) is 42.1 Å². The first-order valence-corrected chi connectivity index (χ1v) is 10.7. The van der Waals surface area contributed by atoms with E-state index in [1.807, 2.05) is 49.3 Å². The number of benzene rings is 1. The molecule has 2 N–H and O–H groups in total. The number of piperidine rings is 1. The van der Waals surface area contributed by atoms with E-state index < -0.39 is 5.60 Å². The summed E-state index contributed by atoms with van der Waals surface area (Å²) in [6.45, 7) is 2.30. The topological polar surface area (TPSA) is 72.5 Å². The Kier molecular flexibility index (Phi) is 5.49. The zero-order valence-corrected chi connectivity index (χ0v) is 17.5. The fourth-order valence-corrected chi connectivity index (χ4v) is 5.12. The molecular formula is C23H32N4O2. The van der Waals surface area contributed by atoms with Crippen molar-refractivity contribution in [3.63, 3.8) is 0 Å². The predicted molar refractivity (Wildman–Crippen MR) is 114 cm³/mol. The minimum Gasteiger partial charge on any atom is -0.389 e. The van der Waals surface area contributed by atoms with E-state index in [9.17, 15) is 9.90 Å². The van der Waals surface area contributed by atoms with Crippen molar-refractivity contribution in [1.29, 1.82) is 0 Å². The predicted octanol–water partition coefficient (Wildman–Crippen LogP) is 3.17. The van der Waals surface area contributed by atoms with E-state index in [0.717, 1.165) is 69.4 Å². The first-order valence-electron chi connectivity index (χ1n) is 10.7. The van der Waals surface area contributed by atoms with E-state index in [0.29, 0.717) is 5.56 Å². The Hall–Kier alpha value is -2.18. The summed E-state index contributed by atoms with van der Waals surface area (Å²) in [5.74, 6) is 0.0624. The maximum atomic E-state index is 13.2. The van der Waals surface area contributed by atoms with Crippen LogP contribution in [0.5, 0.6) is 0 Å². The van der Waals surface area contributed by atoms with Gasteiger partial charge in [-0.25, -0.2) is 0 Å². The number of aromatic nitrogens is 2. The molecule has 1 saturated heterocycles. The Morgan fingerprint density at radius 1 is 1.10 bits per heavy atom. The summed E-state index contributed by atoms with van der Waals surface area (Å²) < 4.78 is 0. The number of aliphatic hydroxyl groups is 1. The molecule has 0 unspecified atom stereocenters. The van der Waals surface area contributed by atoms with Gasteiger partial charge in [0.15, 0.2) is 0 Å². The maximum Gasteiger partial charge on any atom is 0.257 e. The molecule has 29 heavy (non-hydrogen) atoms. The average Bonchev–Trinajstić information content (AvgIpc) is 3.21. The van der Waals surface area contributed by atoms with E-state index in [-0.39, 0.29) is 11.3 Å². The molecule has 1 aromatic heterocycles. The van der Waals surface area contributed by atoms with E-state index in [4.69, 9.17) is 0 Å². The van der Waals surface area contributed by atoms with Crippen molar-refractivity contribution < 1.29 is 9.90 Å². The van der Waals surface area contributed by atoms with Crippen LogP contribution in [0.3, 0.4) is 0 Å². The molecule has 6 heteroatoms. The Bertz CT molecular complexity index is 828. The minimum atomic E-state index is -0.552. The van der Waals surface area contributed by atoms with Crippen molar-refractivity contribution in [3.8, 4) is 11.3 Å². The van der Waals surface area contributed by atoms with Crippen LogP contribution < -0.4 is 0 Å². The largest absolute Gasteiger partial charge is 0.389 e. The Labute approximate surface area is 172 Å². The Morgan fingerprint density at radius 2 is 1.76 bits per heavy atom. The second kappa shape index (κ2) is 7.92. The van der Waals surface area contributed by atoms with Gasteiger partial charge in [-0.05, 0) is 58.0 Å². The number of hydrogen-bond acceptors (Lipinski definition) is 4. The van der Waals surface area contributed by atoms with Gasteiger partial charge in [-0.2, -0.15) is 5.10 Å². The SMILES string of the molecule is CN(C)CC1(O)CCC2(CCN(C(=O)c3cn[nH]c3-c3ccccc3)CC2)CC1. The molecular weight excluding hydrogens is 364 g/mol. The van der Waals surface area contributed by atoms with E-state index in [2.05, 4.69) is 15.1 Å². The first-order chi connectivity index (χ1) is 13.9. The van der Waals surface area contributed by atoms with Crippen molar-refractivity contribution in [2.24, 2.45) is 5.41 Å². The van der Waals surface area contributed by atoms with Gasteiger partial charge >= 0.3 is 0 Å². The third-order valence-corrected chi connectivity index (χ3v) is 6.90. The van der Waals surface area contributed by atoms with E-state index >= 15 is 0 Å². The molecule has 156 valence electrons. The smallest absolute Gasteiger partial charge is 0.257 e. The third kappa shape index (κ3) is 4.23. The standard InChI is InChI=1S/C23H32N4O2/c1-26(2)17-23(29)10-8-22(9-11-23)12-14-27(15-13-22)21(28)19-16-24-25-20(19)18-6-4-3-5-7-18/h3-7,16,29H,8-15,17H2,1-2H3,(H,24,25). The summed E-state index contributed by atoms with van der Waals surface area (Å²) in [6, 6.07) is 9.89. The second-order valence-electron chi connectivity index (χ2n) is 9.28. The summed E-state index contributed by atoms with van der Waals surface area (Å²) in [5.41, 5.74) is 2.16. The molecule has 0 atom stereocenters. The van der Waals surface area contributed by atoms with Crippen LogP contribution in [0.2, 0.25) is 0 Å². The number of likely N-dealkylation sites (N-methyl/N-ethyl adjacent to an activating group) is 1. The van der Waals surface area contributed by atoms with Gasteiger partial charge in [0.2, 0.25) is 0 Å². The summed E-state index contributed by atoms with van der Waals surface area (Å²) in [7, 11) is 4.04. The number of carbonyl (C=O) groups is 1. The van der Waals surface area contributed by atoms with Gasteiger partial charge in [-0.3, -0.25) is 9.89 Å². The van der Waals surface area contributed by atoms with Crippen LogP contribution in [0.15, 0.2) is 36.5 Å². The molecule has 1 aliphatic carbocycles. The number of rotatable bonds is 4. The van der Waals surface area contributed by atoms with Gasteiger partial charge in [0.25, 0.3) is 5.91 Å². The second-order valence-corrected chi connectivity index (χ2v) is 9.28. The molecule has 2 fully saturated rings. The van der Waals surface area contributed by atoms with Gasteiger partial charge in [0.1, 0.15) is 0 Å². The molecule has 0 radical (unpaired) electrons. The van der Waals surface area contributed by atoms with Crippen LogP contribution in [-0.4, -0.2) is 70.3 Å². The van der Waals surface area contributed by atoms with Crippen molar-refractivity contribution in [2.45, 2.75) is 44.1 Å². The number of amides is 1. The summed E-state index contributed by atoms with van der Waals surface area (Å²) in [6.07, 6.45) is 7.53. The minimum absolute atomic E-state index is 0.0624. The number of nitrogens with zero attached hydrogens (tertiary/aromatic N) is 3. The van der Waals surface area contributed by atoms with Crippen LogP contribution >= 0.6 is 0 Å². The molecule has 1 amide bonds. The summed E-state index contributed by atoms with van der Waals surface area (Å²) in [4.78, 5) is 17.2. The van der Waals surface area contributed by atoms with Gasteiger partial charge in [0, 0.05) is 25.2 Å². The number of nitrogens with one attached hydrogen (secondary N) is 1. The third-order valence-electron chi connectivity index (χ3n) is 6.90. The van der Waals surface area contributed by atoms with Gasteiger partial charge < -0.3 is 14.9 Å². The molecule has 2 heterocycles. The normalized spacial score (nSPS) is 20.9. The van der Waals surface area contributed by atoms with E-state index in [1.165, 1.54) is 0 Å². The average molecular weight is 397 g/mol. The van der Waals surface area contributed by atoms with Crippen molar-refractivity contribution in [2.75, 3.05) is 33.7 Å². The number of hydrogen-bond donors (Lipinski definition) is 2. The lowest BCUT2D eigenvalue weighted by molar-refractivity contribution is -0.0615. The fourth-order valence-electron chi connectivity index (χ4n) is 5.12. The Morgan fingerprint density at radius 3 is 2.38 bits per heavy atom. The van der Waals surface area contributed by atoms with Crippen LogP contribution in [0.25, 0.3) is 11.3 Å². The molecule has 0 bridgehead atoms. The molecule has 4 rings (SSSR count). The number of carbonyl (C=O) groups excluding carboxylic acids is 1. The molecule has 1 saturated carbocycles. The zero-order chi connectivity index (χ0) is 20.5. The lowest BCUT2D eigenvalue weighted by Crippen LogP contribution is -2.49. The molecule has 2 aliphatic rings. The quantitative estimate of drug-likeness (QED) is 0.833. The number of H-pyrrole nitrogens is 1. The molecule has 2 aromatic rings.